The van der Waals surface area contributed by atoms with Crippen molar-refractivity contribution in [2.75, 3.05) is 0 Å². The average Bonchev–Trinajstić information content (AvgIpc) is 2.61. The Morgan fingerprint density at radius 3 is 3.07 bits per heavy atom. The van der Waals surface area contributed by atoms with E-state index in [-0.39, 0.29) is 0 Å². The third kappa shape index (κ3) is 3.33. The normalized spacial score (nSPS) is 26.8. The Labute approximate surface area is 104 Å². The summed E-state index contributed by atoms with van der Waals surface area (Å²) in [5, 5.41) is 4.83. The standard InChI is InChI=1S/C10H15ClN2S2/c1-7-3-2-4-8(5-7)14-6-9-10(11)15-13-12-9/h7-8H,2-6H2,1H3. The summed E-state index contributed by atoms with van der Waals surface area (Å²) in [6, 6.07) is 0. The minimum absolute atomic E-state index is 0.756. The van der Waals surface area contributed by atoms with Crippen LogP contribution >= 0.6 is 34.9 Å². The van der Waals surface area contributed by atoms with E-state index in [1.54, 1.807) is 0 Å². The molecule has 0 amide bonds. The molecule has 0 radical (unpaired) electrons. The Morgan fingerprint density at radius 1 is 1.53 bits per heavy atom. The van der Waals surface area contributed by atoms with E-state index in [1.165, 1.54) is 37.2 Å². The Balaban J connectivity index is 1.80. The van der Waals surface area contributed by atoms with Crippen molar-refractivity contribution in [1.29, 1.82) is 0 Å². The highest BCUT2D eigenvalue weighted by Gasteiger charge is 2.19. The topological polar surface area (TPSA) is 25.8 Å². The van der Waals surface area contributed by atoms with Gasteiger partial charge in [-0.25, -0.2) is 0 Å². The minimum Gasteiger partial charge on any atom is -0.152 e. The highest BCUT2D eigenvalue weighted by atomic mass is 35.5. The zero-order valence-corrected chi connectivity index (χ0v) is 11.2. The molecule has 1 fully saturated rings. The fourth-order valence-electron chi connectivity index (χ4n) is 2.01. The van der Waals surface area contributed by atoms with Gasteiger partial charge in [0.15, 0.2) is 0 Å². The van der Waals surface area contributed by atoms with Crippen molar-refractivity contribution in [3.8, 4) is 0 Å². The van der Waals surface area contributed by atoms with E-state index in [1.807, 2.05) is 11.8 Å². The first kappa shape index (κ1) is 11.7. The Morgan fingerprint density at radius 2 is 2.40 bits per heavy atom. The van der Waals surface area contributed by atoms with Crippen LogP contribution in [0.1, 0.15) is 38.3 Å². The molecule has 84 valence electrons. The maximum absolute atomic E-state index is 5.97. The van der Waals surface area contributed by atoms with E-state index in [2.05, 4.69) is 16.5 Å². The molecule has 2 nitrogen and oxygen atoms in total. The van der Waals surface area contributed by atoms with Gasteiger partial charge < -0.3 is 0 Å². The molecular formula is C10H15ClN2S2. The van der Waals surface area contributed by atoms with Crippen LogP contribution in [0.5, 0.6) is 0 Å². The van der Waals surface area contributed by atoms with Crippen molar-refractivity contribution >= 4 is 34.9 Å². The largest absolute Gasteiger partial charge is 0.152 e. The van der Waals surface area contributed by atoms with Crippen molar-refractivity contribution in [1.82, 2.24) is 9.59 Å². The van der Waals surface area contributed by atoms with Gasteiger partial charge in [0, 0.05) is 22.5 Å². The smallest absolute Gasteiger partial charge is 0.138 e. The molecule has 2 unspecified atom stereocenters. The second kappa shape index (κ2) is 5.51. The number of halogens is 1. The zero-order valence-electron chi connectivity index (χ0n) is 8.78. The Hall–Kier alpha value is 0.200. The van der Waals surface area contributed by atoms with Crippen LogP contribution in [-0.2, 0) is 5.75 Å². The van der Waals surface area contributed by atoms with E-state index in [0.29, 0.717) is 0 Å². The lowest BCUT2D eigenvalue weighted by Gasteiger charge is -2.25. The summed E-state index contributed by atoms with van der Waals surface area (Å²) in [7, 11) is 0. The molecule has 2 atom stereocenters. The van der Waals surface area contributed by atoms with Crippen LogP contribution in [-0.4, -0.2) is 14.8 Å². The molecule has 0 aromatic carbocycles. The molecule has 1 aromatic rings. The first-order valence-electron chi connectivity index (χ1n) is 5.34. The molecule has 0 bridgehead atoms. The van der Waals surface area contributed by atoms with Crippen molar-refractivity contribution in [3.63, 3.8) is 0 Å². The van der Waals surface area contributed by atoms with Gasteiger partial charge >= 0.3 is 0 Å². The van der Waals surface area contributed by atoms with Crippen molar-refractivity contribution < 1.29 is 0 Å². The lowest BCUT2D eigenvalue weighted by molar-refractivity contribution is 0.394. The average molecular weight is 263 g/mol. The molecule has 1 heterocycles. The third-order valence-corrected chi connectivity index (χ3v) is 5.18. The Kier molecular flexibility index (Phi) is 4.29. The molecule has 5 heteroatoms. The number of nitrogens with zero attached hydrogens (tertiary/aromatic N) is 2. The minimum atomic E-state index is 0.756. The summed E-state index contributed by atoms with van der Waals surface area (Å²) in [4.78, 5) is 0. The number of rotatable bonds is 3. The number of hydrogen-bond acceptors (Lipinski definition) is 4. The maximum atomic E-state index is 5.97. The summed E-state index contributed by atoms with van der Waals surface area (Å²) in [5.74, 6) is 1.81. The number of hydrogen-bond donors (Lipinski definition) is 0. The van der Waals surface area contributed by atoms with Gasteiger partial charge in [0.25, 0.3) is 0 Å². The van der Waals surface area contributed by atoms with Crippen LogP contribution in [0.25, 0.3) is 0 Å². The van der Waals surface area contributed by atoms with Crippen LogP contribution in [0, 0.1) is 5.92 Å². The van der Waals surface area contributed by atoms with Gasteiger partial charge in [0.2, 0.25) is 0 Å². The van der Waals surface area contributed by atoms with Gasteiger partial charge in [-0.05, 0) is 18.8 Å². The SMILES string of the molecule is CC1CCCC(SCc2nnsc2Cl)C1. The summed E-state index contributed by atoms with van der Waals surface area (Å²) >= 11 is 9.24. The van der Waals surface area contributed by atoms with Crippen LogP contribution < -0.4 is 0 Å². The second-order valence-electron chi connectivity index (χ2n) is 4.20. The zero-order chi connectivity index (χ0) is 10.7. The van der Waals surface area contributed by atoms with Crippen LogP contribution in [0.4, 0.5) is 0 Å². The van der Waals surface area contributed by atoms with Gasteiger partial charge in [0.1, 0.15) is 10.0 Å². The number of aromatic nitrogens is 2. The first-order valence-corrected chi connectivity index (χ1v) is 7.54. The predicted octanol–water partition coefficient (Wildman–Crippen LogP) is 4.00. The fraction of sp³-hybridized carbons (Fsp3) is 0.800. The first-order chi connectivity index (χ1) is 7.25. The van der Waals surface area contributed by atoms with E-state index in [0.717, 1.165) is 27.0 Å². The summed E-state index contributed by atoms with van der Waals surface area (Å²) < 4.78 is 4.60. The van der Waals surface area contributed by atoms with Gasteiger partial charge in [-0.3, -0.25) is 0 Å². The lowest BCUT2D eigenvalue weighted by atomic mass is 9.91. The quantitative estimate of drug-likeness (QED) is 0.823. The maximum Gasteiger partial charge on any atom is 0.138 e. The summed E-state index contributed by atoms with van der Waals surface area (Å²) in [6.45, 7) is 2.35. The molecule has 0 saturated heterocycles. The van der Waals surface area contributed by atoms with Crippen LogP contribution in [0.15, 0.2) is 0 Å². The molecule has 1 aliphatic rings. The molecule has 1 saturated carbocycles. The predicted molar refractivity (Wildman–Crippen MR) is 67.6 cm³/mol. The van der Waals surface area contributed by atoms with Crippen LogP contribution in [0.2, 0.25) is 4.34 Å². The highest BCUT2D eigenvalue weighted by Crippen LogP contribution is 2.34. The van der Waals surface area contributed by atoms with Gasteiger partial charge in [-0.2, -0.15) is 11.8 Å². The highest BCUT2D eigenvalue weighted by molar-refractivity contribution is 7.99. The van der Waals surface area contributed by atoms with Crippen molar-refractivity contribution in [3.05, 3.63) is 10.0 Å². The van der Waals surface area contributed by atoms with E-state index >= 15 is 0 Å². The molecule has 15 heavy (non-hydrogen) atoms. The molecular weight excluding hydrogens is 248 g/mol. The van der Waals surface area contributed by atoms with Gasteiger partial charge in [-0.15, -0.1) is 5.10 Å². The van der Waals surface area contributed by atoms with Crippen molar-refractivity contribution in [2.45, 2.75) is 43.6 Å². The number of thioether (sulfide) groups is 1. The van der Waals surface area contributed by atoms with E-state index in [9.17, 15) is 0 Å². The van der Waals surface area contributed by atoms with Gasteiger partial charge in [0.05, 0.1) is 0 Å². The molecule has 1 aliphatic carbocycles. The van der Waals surface area contributed by atoms with E-state index < -0.39 is 0 Å². The summed E-state index contributed by atoms with van der Waals surface area (Å²) in [6.07, 6.45) is 5.47. The third-order valence-electron chi connectivity index (χ3n) is 2.85. The van der Waals surface area contributed by atoms with Crippen LogP contribution in [0.3, 0.4) is 0 Å². The second-order valence-corrected chi connectivity index (χ2v) is 6.84. The molecule has 0 spiro atoms. The van der Waals surface area contributed by atoms with Crippen molar-refractivity contribution in [2.24, 2.45) is 5.92 Å². The molecule has 1 aromatic heterocycles. The monoisotopic (exact) mass is 262 g/mol. The Bertz CT molecular complexity index is 316. The molecule has 2 rings (SSSR count). The lowest BCUT2D eigenvalue weighted by Crippen LogP contribution is -2.15. The molecule has 0 aliphatic heterocycles. The van der Waals surface area contributed by atoms with Gasteiger partial charge in [-0.1, -0.05) is 35.9 Å². The van der Waals surface area contributed by atoms with E-state index in [4.69, 9.17) is 11.6 Å². The molecule has 0 N–H and O–H groups in total. The summed E-state index contributed by atoms with van der Waals surface area (Å²) in [5.41, 5.74) is 0.963. The fourth-order valence-corrected chi connectivity index (χ4v) is 4.20.